The molecule has 0 fully saturated rings. The smallest absolute Gasteiger partial charge is 0.251 e. The first-order chi connectivity index (χ1) is 14.0. The van der Waals surface area contributed by atoms with E-state index in [0.29, 0.717) is 22.9 Å². The van der Waals surface area contributed by atoms with Gasteiger partial charge in [0.05, 0.1) is 5.02 Å². The van der Waals surface area contributed by atoms with Crippen LogP contribution < -0.4 is 15.4 Å². The SMILES string of the molecule is CC(C)(C)NCC(O)COc1ccc(C(=O)NC(C)(C)Cc2ccccc2)cc1Cl. The van der Waals surface area contributed by atoms with E-state index in [4.69, 9.17) is 16.3 Å². The number of aliphatic hydroxyl groups excluding tert-OH is 1. The topological polar surface area (TPSA) is 70.6 Å². The number of rotatable bonds is 9. The summed E-state index contributed by atoms with van der Waals surface area (Å²) >= 11 is 6.31. The molecule has 0 aliphatic rings. The molecule has 1 amide bonds. The highest BCUT2D eigenvalue weighted by molar-refractivity contribution is 6.32. The van der Waals surface area contributed by atoms with E-state index in [-0.39, 0.29) is 18.1 Å². The second kappa shape index (κ2) is 10.3. The second-order valence-corrected chi connectivity index (χ2v) is 9.65. The number of benzene rings is 2. The van der Waals surface area contributed by atoms with E-state index in [9.17, 15) is 9.90 Å². The minimum atomic E-state index is -0.665. The highest BCUT2D eigenvalue weighted by atomic mass is 35.5. The van der Waals surface area contributed by atoms with E-state index in [1.165, 1.54) is 0 Å². The summed E-state index contributed by atoms with van der Waals surface area (Å²) < 4.78 is 5.62. The van der Waals surface area contributed by atoms with Crippen LogP contribution in [0, 0.1) is 0 Å². The van der Waals surface area contributed by atoms with E-state index in [2.05, 4.69) is 10.6 Å². The van der Waals surface area contributed by atoms with Gasteiger partial charge in [0.15, 0.2) is 0 Å². The Bertz CT molecular complexity index is 832. The summed E-state index contributed by atoms with van der Waals surface area (Å²) in [7, 11) is 0. The van der Waals surface area contributed by atoms with Gasteiger partial charge < -0.3 is 20.5 Å². The van der Waals surface area contributed by atoms with Crippen molar-refractivity contribution >= 4 is 17.5 Å². The third kappa shape index (κ3) is 8.34. The summed E-state index contributed by atoms with van der Waals surface area (Å²) in [5.74, 6) is 0.241. The molecule has 0 aliphatic carbocycles. The molecule has 0 radical (unpaired) electrons. The molecule has 0 saturated carbocycles. The summed E-state index contributed by atoms with van der Waals surface area (Å²) in [6, 6.07) is 15.0. The molecule has 0 aromatic heterocycles. The maximum atomic E-state index is 12.7. The minimum Gasteiger partial charge on any atom is -0.489 e. The molecule has 0 saturated heterocycles. The number of hydrogen-bond donors (Lipinski definition) is 3. The van der Waals surface area contributed by atoms with Crippen LogP contribution in [0.5, 0.6) is 5.75 Å². The molecule has 0 aliphatic heterocycles. The van der Waals surface area contributed by atoms with Gasteiger partial charge in [0.25, 0.3) is 5.91 Å². The first-order valence-corrected chi connectivity index (χ1v) is 10.5. The molecule has 3 N–H and O–H groups in total. The van der Waals surface area contributed by atoms with E-state index in [1.807, 2.05) is 65.0 Å². The average molecular weight is 433 g/mol. The predicted octanol–water partition coefficient (Wildman–Crippen LogP) is 4.22. The summed E-state index contributed by atoms with van der Waals surface area (Å²) in [4.78, 5) is 12.7. The van der Waals surface area contributed by atoms with Crippen LogP contribution in [0.1, 0.15) is 50.5 Å². The van der Waals surface area contributed by atoms with Gasteiger partial charge in [0.1, 0.15) is 18.5 Å². The Morgan fingerprint density at radius 2 is 1.77 bits per heavy atom. The fraction of sp³-hybridized carbons (Fsp3) is 0.458. The monoisotopic (exact) mass is 432 g/mol. The molecule has 0 bridgehead atoms. The van der Waals surface area contributed by atoms with Crippen molar-refractivity contribution in [3.8, 4) is 5.75 Å². The number of ether oxygens (including phenoxy) is 1. The zero-order chi connectivity index (χ0) is 22.4. The number of carbonyl (C=O) groups excluding carboxylic acids is 1. The van der Waals surface area contributed by atoms with Gasteiger partial charge in [-0.05, 0) is 64.8 Å². The van der Waals surface area contributed by atoms with Crippen molar-refractivity contribution in [3.63, 3.8) is 0 Å². The van der Waals surface area contributed by atoms with E-state index in [1.54, 1.807) is 18.2 Å². The molecule has 0 heterocycles. The number of aliphatic hydroxyl groups is 1. The predicted molar refractivity (Wildman–Crippen MR) is 122 cm³/mol. The summed E-state index contributed by atoms with van der Waals surface area (Å²) in [6.07, 6.45) is 0.0525. The number of amides is 1. The summed E-state index contributed by atoms with van der Waals surface area (Å²) in [5, 5.41) is 16.7. The van der Waals surface area contributed by atoms with Gasteiger partial charge in [0.2, 0.25) is 0 Å². The van der Waals surface area contributed by atoms with Crippen LogP contribution in [0.4, 0.5) is 0 Å². The van der Waals surface area contributed by atoms with Crippen LogP contribution in [0.2, 0.25) is 5.02 Å². The van der Waals surface area contributed by atoms with Crippen molar-refractivity contribution in [1.82, 2.24) is 10.6 Å². The van der Waals surface area contributed by atoms with Gasteiger partial charge in [-0.3, -0.25) is 4.79 Å². The van der Waals surface area contributed by atoms with Gasteiger partial charge in [-0.25, -0.2) is 0 Å². The molecular weight excluding hydrogens is 400 g/mol. The van der Waals surface area contributed by atoms with Crippen molar-refractivity contribution in [1.29, 1.82) is 0 Å². The Balaban J connectivity index is 1.93. The van der Waals surface area contributed by atoms with Gasteiger partial charge in [0, 0.05) is 23.2 Å². The standard InChI is InChI=1S/C24H33ClN2O3/c1-23(2,3)26-15-19(28)16-30-21-12-11-18(13-20(21)25)22(29)27-24(4,5)14-17-9-7-6-8-10-17/h6-13,19,26,28H,14-16H2,1-5H3,(H,27,29). The average Bonchev–Trinajstić information content (AvgIpc) is 2.64. The van der Waals surface area contributed by atoms with Gasteiger partial charge in [-0.2, -0.15) is 0 Å². The van der Waals surface area contributed by atoms with Crippen LogP contribution in [0.25, 0.3) is 0 Å². The number of halogens is 1. The number of β-amino-alcohol motifs (C(OH)–C–C–N with tert-alkyl or cyclic N) is 1. The van der Waals surface area contributed by atoms with Crippen molar-refractivity contribution in [2.45, 2.75) is 58.2 Å². The zero-order valence-corrected chi connectivity index (χ0v) is 19.2. The van der Waals surface area contributed by atoms with Crippen molar-refractivity contribution in [3.05, 3.63) is 64.7 Å². The largest absolute Gasteiger partial charge is 0.489 e. The molecular formula is C24H33ClN2O3. The van der Waals surface area contributed by atoms with Gasteiger partial charge >= 0.3 is 0 Å². The molecule has 1 unspecified atom stereocenters. The van der Waals surface area contributed by atoms with Gasteiger partial charge in [-0.1, -0.05) is 41.9 Å². The van der Waals surface area contributed by atoms with E-state index in [0.717, 1.165) is 12.0 Å². The fourth-order valence-electron chi connectivity index (χ4n) is 2.96. The van der Waals surface area contributed by atoms with Crippen molar-refractivity contribution in [2.75, 3.05) is 13.2 Å². The highest BCUT2D eigenvalue weighted by Crippen LogP contribution is 2.26. The lowest BCUT2D eigenvalue weighted by Gasteiger charge is -2.26. The molecule has 6 heteroatoms. The Morgan fingerprint density at radius 3 is 2.37 bits per heavy atom. The normalized spacial score (nSPS) is 13.0. The van der Waals surface area contributed by atoms with Crippen LogP contribution in [-0.4, -0.2) is 41.3 Å². The second-order valence-electron chi connectivity index (χ2n) is 9.24. The van der Waals surface area contributed by atoms with Crippen LogP contribution in [0.3, 0.4) is 0 Å². The zero-order valence-electron chi connectivity index (χ0n) is 18.5. The van der Waals surface area contributed by atoms with Crippen LogP contribution >= 0.6 is 11.6 Å². The van der Waals surface area contributed by atoms with Crippen molar-refractivity contribution in [2.24, 2.45) is 0 Å². The molecule has 5 nitrogen and oxygen atoms in total. The van der Waals surface area contributed by atoms with Crippen LogP contribution in [0.15, 0.2) is 48.5 Å². The quantitative estimate of drug-likeness (QED) is 0.554. The third-order valence-electron chi connectivity index (χ3n) is 4.43. The molecule has 1 atom stereocenters. The van der Waals surface area contributed by atoms with Crippen LogP contribution in [-0.2, 0) is 6.42 Å². The molecule has 2 aromatic rings. The van der Waals surface area contributed by atoms with E-state index >= 15 is 0 Å². The van der Waals surface area contributed by atoms with Crippen molar-refractivity contribution < 1.29 is 14.6 Å². The summed E-state index contributed by atoms with van der Waals surface area (Å²) in [6.45, 7) is 10.6. The lowest BCUT2D eigenvalue weighted by Crippen LogP contribution is -2.45. The molecule has 2 rings (SSSR count). The Morgan fingerprint density at radius 1 is 1.10 bits per heavy atom. The Kier molecular flexibility index (Phi) is 8.30. The third-order valence-corrected chi connectivity index (χ3v) is 4.73. The molecule has 164 valence electrons. The highest BCUT2D eigenvalue weighted by Gasteiger charge is 2.22. The molecule has 2 aromatic carbocycles. The minimum absolute atomic E-state index is 0.0814. The lowest BCUT2D eigenvalue weighted by atomic mass is 9.94. The maximum Gasteiger partial charge on any atom is 0.251 e. The number of hydrogen-bond acceptors (Lipinski definition) is 4. The lowest BCUT2D eigenvalue weighted by molar-refractivity contribution is 0.0912. The first-order valence-electron chi connectivity index (χ1n) is 10.2. The number of carbonyl (C=O) groups is 1. The van der Waals surface area contributed by atoms with Gasteiger partial charge in [-0.15, -0.1) is 0 Å². The Hall–Kier alpha value is -2.08. The molecule has 0 spiro atoms. The number of nitrogens with one attached hydrogen (secondary N) is 2. The molecule has 30 heavy (non-hydrogen) atoms. The van der Waals surface area contributed by atoms with E-state index < -0.39 is 11.6 Å². The fourth-order valence-corrected chi connectivity index (χ4v) is 3.19. The first kappa shape index (κ1) is 24.2. The summed E-state index contributed by atoms with van der Waals surface area (Å²) in [5.41, 5.74) is 1.12. The maximum absolute atomic E-state index is 12.7. The Labute approximate surface area is 184 Å².